The third-order valence-electron chi connectivity index (χ3n) is 11.7. The Hall–Kier alpha value is -7.16. The van der Waals surface area contributed by atoms with E-state index in [9.17, 15) is 0 Å². The van der Waals surface area contributed by atoms with Gasteiger partial charge in [0.05, 0.1) is 5.69 Å². The van der Waals surface area contributed by atoms with Crippen LogP contribution in [0.15, 0.2) is 218 Å². The molecule has 11 rings (SSSR count). The molecule has 0 aliphatic heterocycles. The van der Waals surface area contributed by atoms with Gasteiger partial charge in [-0.3, -0.25) is 0 Å². The maximum Gasteiger partial charge on any atom is 0.241 e. The van der Waals surface area contributed by atoms with Gasteiger partial charge in [-0.05, 0) is 84.5 Å². The molecule has 0 saturated carbocycles. The van der Waals surface area contributed by atoms with E-state index in [2.05, 4.69) is 223 Å². The van der Waals surface area contributed by atoms with Crippen molar-refractivity contribution in [3.63, 3.8) is 0 Å². The number of anilines is 3. The van der Waals surface area contributed by atoms with Crippen molar-refractivity contribution in [3.8, 4) is 11.1 Å². The second-order valence-electron chi connectivity index (χ2n) is 14.8. The quantitative estimate of drug-likeness (QED) is 0.0905. The lowest BCUT2D eigenvalue weighted by atomic mass is 9.36. The number of fused-ring (bicyclic) bond motifs is 4. The largest absolute Gasteiger partial charge is 0.310 e. The van der Waals surface area contributed by atoms with Gasteiger partial charge in [-0.15, -0.1) is 0 Å². The second-order valence-corrected chi connectivity index (χ2v) is 14.8. The normalized spacial score (nSPS) is 11.6. The first-order chi connectivity index (χ1) is 27.8. The Kier molecular flexibility index (Phi) is 7.67. The minimum atomic E-state index is 0.111. The van der Waals surface area contributed by atoms with Gasteiger partial charge >= 0.3 is 0 Å². The van der Waals surface area contributed by atoms with Crippen molar-refractivity contribution >= 4 is 94.0 Å². The molecule has 0 radical (unpaired) electrons. The van der Waals surface area contributed by atoms with Crippen molar-refractivity contribution < 1.29 is 0 Å². The Bertz CT molecular complexity index is 3100. The molecule has 0 amide bonds. The lowest BCUT2D eigenvalue weighted by Gasteiger charge is -2.28. The molecule has 56 heavy (non-hydrogen) atoms. The van der Waals surface area contributed by atoms with Gasteiger partial charge in [-0.1, -0.05) is 204 Å². The van der Waals surface area contributed by atoms with Crippen LogP contribution in [-0.2, 0) is 0 Å². The first-order valence-corrected chi connectivity index (χ1v) is 19.5. The van der Waals surface area contributed by atoms with Gasteiger partial charge in [0.25, 0.3) is 0 Å². The maximum absolute atomic E-state index is 2.42. The van der Waals surface area contributed by atoms with Crippen molar-refractivity contribution in [1.82, 2.24) is 0 Å². The molecule has 11 aromatic carbocycles. The van der Waals surface area contributed by atoms with E-state index >= 15 is 0 Å². The first kappa shape index (κ1) is 32.3. The fraction of sp³-hybridized carbons (Fsp3) is 0. The van der Waals surface area contributed by atoms with Gasteiger partial charge in [0, 0.05) is 22.1 Å². The standard InChI is InChI=1S/C54H36BN/c1-5-17-38(18-6-1)55(39-19-7-2-8-20-39)50-30-16-28-43-42(27-15-29-46(43)50)45-34-35-49-44-25-13-14-26-47(44)54-51(36-32-37-31-33-48(45)53(49)52(37)54)56(40-21-9-3-10-22-40)41-23-11-4-12-24-41/h1-36H. The highest BCUT2D eigenvalue weighted by Gasteiger charge is 2.25. The molecule has 0 saturated heterocycles. The summed E-state index contributed by atoms with van der Waals surface area (Å²) in [5, 5.41) is 12.8. The zero-order valence-corrected chi connectivity index (χ0v) is 30.8. The SMILES string of the molecule is c1ccc(B(c2ccccc2)c2cccc3c(-c4ccc5c6ccccc6c6c(N(c7ccccc7)c7ccccc7)ccc7ccc4c5c76)cccc23)cc1. The summed E-state index contributed by atoms with van der Waals surface area (Å²) in [5.74, 6) is 0. The van der Waals surface area contributed by atoms with E-state index in [0.29, 0.717) is 0 Å². The fourth-order valence-corrected chi connectivity index (χ4v) is 9.35. The van der Waals surface area contributed by atoms with Gasteiger partial charge in [-0.25, -0.2) is 0 Å². The highest BCUT2D eigenvalue weighted by atomic mass is 15.1. The van der Waals surface area contributed by atoms with Crippen LogP contribution in [0.3, 0.4) is 0 Å². The summed E-state index contributed by atoms with van der Waals surface area (Å²) in [6.07, 6.45) is 0. The van der Waals surface area contributed by atoms with E-state index < -0.39 is 0 Å². The Morgan fingerprint density at radius 2 is 0.786 bits per heavy atom. The lowest BCUT2D eigenvalue weighted by molar-refractivity contribution is 1.30. The van der Waals surface area contributed by atoms with E-state index in [1.165, 1.54) is 87.1 Å². The highest BCUT2D eigenvalue weighted by molar-refractivity contribution is 6.96. The van der Waals surface area contributed by atoms with Crippen LogP contribution in [0.2, 0.25) is 0 Å². The summed E-state index contributed by atoms with van der Waals surface area (Å²) in [7, 11) is 0. The molecule has 0 aliphatic carbocycles. The van der Waals surface area contributed by atoms with Crippen LogP contribution in [-0.4, -0.2) is 6.71 Å². The smallest absolute Gasteiger partial charge is 0.241 e. The predicted molar refractivity (Wildman–Crippen MR) is 243 cm³/mol. The first-order valence-electron chi connectivity index (χ1n) is 19.5. The van der Waals surface area contributed by atoms with E-state index in [0.717, 1.165) is 11.4 Å². The molecular formula is C54H36BN. The molecule has 1 nitrogen and oxygen atoms in total. The molecule has 0 heterocycles. The van der Waals surface area contributed by atoms with E-state index in [1.54, 1.807) is 0 Å². The van der Waals surface area contributed by atoms with Gasteiger partial charge in [0.15, 0.2) is 0 Å². The molecule has 0 bridgehead atoms. The summed E-state index contributed by atoms with van der Waals surface area (Å²) in [6, 6.07) is 80.2. The number of benzene rings is 11. The molecule has 260 valence electrons. The summed E-state index contributed by atoms with van der Waals surface area (Å²) < 4.78 is 0. The molecule has 0 atom stereocenters. The lowest BCUT2D eigenvalue weighted by Crippen LogP contribution is -2.52. The monoisotopic (exact) mass is 709 g/mol. The summed E-state index contributed by atoms with van der Waals surface area (Å²) in [4.78, 5) is 2.42. The number of para-hydroxylation sites is 2. The number of rotatable bonds is 7. The van der Waals surface area contributed by atoms with Crippen LogP contribution in [0.1, 0.15) is 0 Å². The Morgan fingerprint density at radius 1 is 0.286 bits per heavy atom. The summed E-state index contributed by atoms with van der Waals surface area (Å²) in [6.45, 7) is 0.111. The average molecular weight is 710 g/mol. The van der Waals surface area contributed by atoms with Crippen molar-refractivity contribution in [2.45, 2.75) is 0 Å². The molecule has 0 unspecified atom stereocenters. The molecule has 0 fully saturated rings. The van der Waals surface area contributed by atoms with Crippen molar-refractivity contribution in [1.29, 1.82) is 0 Å². The van der Waals surface area contributed by atoms with Crippen molar-refractivity contribution in [2.75, 3.05) is 4.90 Å². The van der Waals surface area contributed by atoms with Crippen molar-refractivity contribution in [2.24, 2.45) is 0 Å². The number of nitrogens with zero attached hydrogens (tertiary/aromatic N) is 1. The van der Waals surface area contributed by atoms with Crippen LogP contribution in [0.4, 0.5) is 17.1 Å². The van der Waals surface area contributed by atoms with E-state index in [4.69, 9.17) is 0 Å². The zero-order chi connectivity index (χ0) is 37.0. The third-order valence-corrected chi connectivity index (χ3v) is 11.7. The average Bonchev–Trinajstić information content (AvgIpc) is 3.27. The van der Waals surface area contributed by atoms with Gasteiger partial charge in [0.1, 0.15) is 0 Å². The predicted octanol–water partition coefficient (Wildman–Crippen LogP) is 12.5. The van der Waals surface area contributed by atoms with Crippen LogP contribution >= 0.6 is 0 Å². The van der Waals surface area contributed by atoms with Gasteiger partial charge in [0.2, 0.25) is 6.71 Å². The Morgan fingerprint density at radius 3 is 1.46 bits per heavy atom. The maximum atomic E-state index is 2.42. The van der Waals surface area contributed by atoms with Crippen molar-refractivity contribution in [3.05, 3.63) is 218 Å². The molecule has 0 spiro atoms. The number of hydrogen-bond acceptors (Lipinski definition) is 1. The van der Waals surface area contributed by atoms with Crippen LogP contribution in [0, 0.1) is 0 Å². The van der Waals surface area contributed by atoms with Crippen LogP contribution in [0.5, 0.6) is 0 Å². The third kappa shape index (κ3) is 5.11. The molecule has 2 heteroatoms. The highest BCUT2D eigenvalue weighted by Crippen LogP contribution is 2.49. The molecular weight excluding hydrogens is 673 g/mol. The van der Waals surface area contributed by atoms with Gasteiger partial charge in [-0.2, -0.15) is 0 Å². The Balaban J connectivity index is 1.20. The summed E-state index contributed by atoms with van der Waals surface area (Å²) in [5.41, 5.74) is 9.85. The number of hydrogen-bond donors (Lipinski definition) is 0. The zero-order valence-electron chi connectivity index (χ0n) is 30.8. The summed E-state index contributed by atoms with van der Waals surface area (Å²) >= 11 is 0. The Labute approximate surface area is 327 Å². The minimum Gasteiger partial charge on any atom is -0.310 e. The fourth-order valence-electron chi connectivity index (χ4n) is 9.35. The van der Waals surface area contributed by atoms with E-state index in [1.807, 2.05) is 0 Å². The molecule has 0 aliphatic rings. The molecule has 0 aromatic heterocycles. The van der Waals surface area contributed by atoms with Crippen LogP contribution in [0.25, 0.3) is 65.0 Å². The van der Waals surface area contributed by atoms with E-state index in [-0.39, 0.29) is 6.71 Å². The second kappa shape index (κ2) is 13.3. The molecule has 0 N–H and O–H groups in total. The molecule has 11 aromatic rings. The van der Waals surface area contributed by atoms with Gasteiger partial charge < -0.3 is 4.90 Å². The van der Waals surface area contributed by atoms with Crippen LogP contribution < -0.4 is 21.3 Å². The minimum absolute atomic E-state index is 0.111. The topological polar surface area (TPSA) is 3.24 Å².